The fourth-order valence-corrected chi connectivity index (χ4v) is 2.44. The summed E-state index contributed by atoms with van der Waals surface area (Å²) < 4.78 is 11.1. The number of hydrogen-bond donors (Lipinski definition) is 2. The van der Waals surface area contributed by atoms with Crippen LogP contribution in [0.2, 0.25) is 0 Å². The van der Waals surface area contributed by atoms with E-state index in [-0.39, 0.29) is 5.84 Å². The van der Waals surface area contributed by atoms with E-state index in [1.54, 1.807) is 13.2 Å². The Bertz CT molecular complexity index is 862. The van der Waals surface area contributed by atoms with Crippen molar-refractivity contribution in [2.75, 3.05) is 7.11 Å². The number of aromatic nitrogens is 1. The van der Waals surface area contributed by atoms with Gasteiger partial charge in [-0.05, 0) is 29.3 Å². The first-order valence-electron chi connectivity index (χ1n) is 7.83. The van der Waals surface area contributed by atoms with E-state index < -0.39 is 0 Å². The number of amidine groups is 1. The van der Waals surface area contributed by atoms with Gasteiger partial charge in [0.2, 0.25) is 5.88 Å². The number of nitrogens with one attached hydrogen (secondary N) is 1. The van der Waals surface area contributed by atoms with Crippen LogP contribution in [0.4, 0.5) is 0 Å². The lowest BCUT2D eigenvalue weighted by Crippen LogP contribution is -2.11. The van der Waals surface area contributed by atoms with Crippen LogP contribution >= 0.6 is 0 Å². The molecule has 0 bridgehead atoms. The summed E-state index contributed by atoms with van der Waals surface area (Å²) in [5.74, 6) is 1.24. The van der Waals surface area contributed by atoms with Gasteiger partial charge in [0.25, 0.3) is 0 Å². The second-order valence-electron chi connectivity index (χ2n) is 5.49. The van der Waals surface area contributed by atoms with Crippen molar-refractivity contribution in [3.05, 3.63) is 78.0 Å². The van der Waals surface area contributed by atoms with Gasteiger partial charge in [-0.3, -0.25) is 5.41 Å². The second kappa shape index (κ2) is 7.49. The van der Waals surface area contributed by atoms with Crippen LogP contribution in [-0.2, 0) is 6.61 Å². The largest absolute Gasteiger partial charge is 0.489 e. The van der Waals surface area contributed by atoms with E-state index in [0.29, 0.717) is 18.1 Å². The van der Waals surface area contributed by atoms with Crippen molar-refractivity contribution in [1.29, 1.82) is 5.41 Å². The molecule has 2 aromatic carbocycles. The molecule has 0 saturated carbocycles. The summed E-state index contributed by atoms with van der Waals surface area (Å²) in [5.41, 5.74) is 8.93. The normalized spacial score (nSPS) is 10.3. The lowest BCUT2D eigenvalue weighted by atomic mass is 10.0. The van der Waals surface area contributed by atoms with E-state index in [1.807, 2.05) is 54.6 Å². The second-order valence-corrected chi connectivity index (χ2v) is 5.49. The number of rotatable bonds is 6. The molecule has 0 unspecified atom stereocenters. The van der Waals surface area contributed by atoms with Gasteiger partial charge >= 0.3 is 0 Å². The predicted octanol–water partition coefficient (Wildman–Crippen LogP) is 3.62. The lowest BCUT2D eigenvalue weighted by molar-refractivity contribution is 0.306. The van der Waals surface area contributed by atoms with Crippen molar-refractivity contribution in [2.45, 2.75) is 6.61 Å². The minimum absolute atomic E-state index is 0.0285. The fourth-order valence-electron chi connectivity index (χ4n) is 2.44. The minimum Gasteiger partial charge on any atom is -0.489 e. The monoisotopic (exact) mass is 333 g/mol. The van der Waals surface area contributed by atoms with Crippen LogP contribution in [0.1, 0.15) is 11.1 Å². The van der Waals surface area contributed by atoms with E-state index in [4.69, 9.17) is 20.6 Å². The van der Waals surface area contributed by atoms with Crippen LogP contribution in [0, 0.1) is 5.41 Å². The topological polar surface area (TPSA) is 81.2 Å². The summed E-state index contributed by atoms with van der Waals surface area (Å²) in [6, 6.07) is 19.5. The molecular formula is C20H19N3O2. The maximum absolute atomic E-state index is 7.57. The SMILES string of the molecule is COc1ncc(C(=N)N)cc1-c1ccc(OCc2ccccc2)cc1. The van der Waals surface area contributed by atoms with Crippen molar-refractivity contribution in [2.24, 2.45) is 5.73 Å². The Kier molecular flexibility index (Phi) is 4.95. The van der Waals surface area contributed by atoms with Crippen LogP contribution in [0.15, 0.2) is 66.9 Å². The molecule has 0 saturated heterocycles. The zero-order valence-corrected chi connectivity index (χ0v) is 13.9. The van der Waals surface area contributed by atoms with Gasteiger partial charge in [0.1, 0.15) is 18.2 Å². The Morgan fingerprint density at radius 2 is 1.80 bits per heavy atom. The van der Waals surface area contributed by atoms with Gasteiger partial charge in [0, 0.05) is 17.3 Å². The molecule has 0 radical (unpaired) electrons. The van der Waals surface area contributed by atoms with Crippen LogP contribution < -0.4 is 15.2 Å². The van der Waals surface area contributed by atoms with E-state index >= 15 is 0 Å². The van der Waals surface area contributed by atoms with Gasteiger partial charge in [-0.15, -0.1) is 0 Å². The molecule has 126 valence electrons. The molecule has 0 aliphatic heterocycles. The van der Waals surface area contributed by atoms with Gasteiger partial charge in [-0.25, -0.2) is 4.98 Å². The quantitative estimate of drug-likeness (QED) is 0.533. The van der Waals surface area contributed by atoms with Crippen molar-refractivity contribution < 1.29 is 9.47 Å². The number of methoxy groups -OCH3 is 1. The Morgan fingerprint density at radius 3 is 2.44 bits per heavy atom. The van der Waals surface area contributed by atoms with Crippen LogP contribution in [0.25, 0.3) is 11.1 Å². The van der Waals surface area contributed by atoms with Crippen molar-refractivity contribution in [3.8, 4) is 22.8 Å². The standard InChI is InChI=1S/C20H19N3O2/c1-24-20-18(11-16(12-23-20)19(21)22)15-7-9-17(10-8-15)25-13-14-5-3-2-4-6-14/h2-12H,13H2,1H3,(H3,21,22). The number of nitrogen functional groups attached to an aromatic ring is 1. The molecule has 3 N–H and O–H groups in total. The van der Waals surface area contributed by atoms with Crippen LogP contribution in [0.5, 0.6) is 11.6 Å². The average molecular weight is 333 g/mol. The number of nitrogens with zero attached hydrogens (tertiary/aromatic N) is 1. The number of ether oxygens (including phenoxy) is 2. The molecule has 1 heterocycles. The Hall–Kier alpha value is -3.34. The third-order valence-corrected chi connectivity index (χ3v) is 3.77. The molecule has 1 aromatic heterocycles. The van der Waals surface area contributed by atoms with Gasteiger partial charge in [0.05, 0.1) is 7.11 Å². The van der Waals surface area contributed by atoms with Crippen LogP contribution in [-0.4, -0.2) is 17.9 Å². The Morgan fingerprint density at radius 1 is 1.08 bits per heavy atom. The highest BCUT2D eigenvalue weighted by Gasteiger charge is 2.10. The first-order chi connectivity index (χ1) is 12.2. The molecule has 3 aromatic rings. The first kappa shape index (κ1) is 16.5. The molecule has 0 amide bonds. The summed E-state index contributed by atoms with van der Waals surface area (Å²) in [4.78, 5) is 4.22. The van der Waals surface area contributed by atoms with Crippen LogP contribution in [0.3, 0.4) is 0 Å². The number of benzene rings is 2. The first-order valence-corrected chi connectivity index (χ1v) is 7.83. The maximum atomic E-state index is 7.57. The highest BCUT2D eigenvalue weighted by molar-refractivity contribution is 5.96. The minimum atomic E-state index is -0.0285. The molecule has 0 aliphatic carbocycles. The maximum Gasteiger partial charge on any atom is 0.221 e. The zero-order valence-electron chi connectivity index (χ0n) is 13.9. The molecule has 0 fully saturated rings. The highest BCUT2D eigenvalue weighted by atomic mass is 16.5. The van der Waals surface area contributed by atoms with E-state index in [9.17, 15) is 0 Å². The smallest absolute Gasteiger partial charge is 0.221 e. The number of nitrogens with two attached hydrogens (primary N) is 1. The number of hydrogen-bond acceptors (Lipinski definition) is 4. The molecule has 0 aliphatic rings. The van der Waals surface area contributed by atoms with Gasteiger partial charge < -0.3 is 15.2 Å². The molecule has 0 atom stereocenters. The summed E-state index contributed by atoms with van der Waals surface area (Å²) >= 11 is 0. The predicted molar refractivity (Wildman–Crippen MR) is 98.0 cm³/mol. The Balaban J connectivity index is 1.80. The summed E-state index contributed by atoms with van der Waals surface area (Å²) in [6.07, 6.45) is 1.53. The van der Waals surface area contributed by atoms with E-state index in [0.717, 1.165) is 22.4 Å². The van der Waals surface area contributed by atoms with Gasteiger partial charge in [-0.1, -0.05) is 42.5 Å². The molecule has 25 heavy (non-hydrogen) atoms. The molecule has 5 heteroatoms. The van der Waals surface area contributed by atoms with Gasteiger partial charge in [0.15, 0.2) is 0 Å². The van der Waals surface area contributed by atoms with Crippen molar-refractivity contribution in [1.82, 2.24) is 4.98 Å². The average Bonchev–Trinajstić information content (AvgIpc) is 2.67. The lowest BCUT2D eigenvalue weighted by Gasteiger charge is -2.11. The van der Waals surface area contributed by atoms with Crippen molar-refractivity contribution >= 4 is 5.84 Å². The molecule has 0 spiro atoms. The summed E-state index contributed by atoms with van der Waals surface area (Å²) in [7, 11) is 1.57. The molecule has 5 nitrogen and oxygen atoms in total. The summed E-state index contributed by atoms with van der Waals surface area (Å²) in [5, 5.41) is 7.57. The Labute approximate surface area is 146 Å². The highest BCUT2D eigenvalue weighted by Crippen LogP contribution is 2.30. The fraction of sp³-hybridized carbons (Fsp3) is 0.100. The van der Waals surface area contributed by atoms with Crippen molar-refractivity contribution in [3.63, 3.8) is 0 Å². The zero-order chi connectivity index (χ0) is 17.6. The van der Waals surface area contributed by atoms with E-state index in [2.05, 4.69) is 4.98 Å². The third-order valence-electron chi connectivity index (χ3n) is 3.77. The molecular weight excluding hydrogens is 314 g/mol. The number of pyridine rings is 1. The molecule has 3 rings (SSSR count). The third kappa shape index (κ3) is 3.95. The summed E-state index contributed by atoms with van der Waals surface area (Å²) in [6.45, 7) is 0.519. The van der Waals surface area contributed by atoms with E-state index in [1.165, 1.54) is 6.20 Å². The van der Waals surface area contributed by atoms with Gasteiger partial charge in [-0.2, -0.15) is 0 Å².